The summed E-state index contributed by atoms with van der Waals surface area (Å²) in [6.45, 7) is 0.0810. The van der Waals surface area contributed by atoms with E-state index in [9.17, 15) is 9.59 Å². The minimum absolute atomic E-state index is 0.0444. The molecule has 0 saturated carbocycles. The Morgan fingerprint density at radius 3 is 1.39 bits per heavy atom. The molecule has 2 saturated heterocycles. The number of carbonyl (C=O) groups excluding carboxylic acids is 2. The van der Waals surface area contributed by atoms with E-state index in [1.807, 2.05) is 60.7 Å². The van der Waals surface area contributed by atoms with Gasteiger partial charge in [-0.2, -0.15) is 0 Å². The number of nitrogens with one attached hydrogen (secondary N) is 1. The molecule has 2 aliphatic heterocycles. The standard InChI is InChI=1S/C39H58N2O15/c1-44-22-51-34-28(55-30(18-40)36(53-24-46-3)38(34)49-20-26-12-8-6-9-13-26)16-32(42)41-19-31-37(54-25-47-4)39(50-21-27-14-10-7-11-15-27)35(52-23-45-2)29(56-31)17-33(43)48-5/h6-15,28-31,34-39H,16-25,40H2,1-5H3,(H,41,42)/t28-,29-,30-,31-,34+,35+,36-,37-,38-,39-/m1/s1. The first-order valence-corrected chi connectivity index (χ1v) is 18.4. The zero-order valence-electron chi connectivity index (χ0n) is 32.8. The van der Waals surface area contributed by atoms with E-state index in [0.29, 0.717) is 0 Å². The van der Waals surface area contributed by atoms with Crippen molar-refractivity contribution in [2.75, 3.05) is 75.8 Å². The van der Waals surface area contributed by atoms with E-state index in [4.69, 9.17) is 67.3 Å². The van der Waals surface area contributed by atoms with Gasteiger partial charge in [-0.05, 0) is 11.1 Å². The van der Waals surface area contributed by atoms with Gasteiger partial charge in [0.05, 0.1) is 51.5 Å². The number of hydrogen-bond acceptors (Lipinski definition) is 16. The number of esters is 1. The lowest BCUT2D eigenvalue weighted by molar-refractivity contribution is -0.282. The minimum Gasteiger partial charge on any atom is -0.469 e. The lowest BCUT2D eigenvalue weighted by Crippen LogP contribution is -2.63. The van der Waals surface area contributed by atoms with E-state index in [-0.39, 0.29) is 66.3 Å². The van der Waals surface area contributed by atoms with E-state index in [1.54, 1.807) is 0 Å². The summed E-state index contributed by atoms with van der Waals surface area (Å²) in [7, 11) is 7.26. The van der Waals surface area contributed by atoms with Gasteiger partial charge in [0.2, 0.25) is 5.91 Å². The van der Waals surface area contributed by atoms with Crippen LogP contribution < -0.4 is 11.1 Å². The van der Waals surface area contributed by atoms with Crippen molar-refractivity contribution in [1.82, 2.24) is 5.32 Å². The molecule has 0 spiro atoms. The summed E-state index contributed by atoms with van der Waals surface area (Å²) >= 11 is 0. The number of benzene rings is 2. The monoisotopic (exact) mass is 794 g/mol. The number of rotatable bonds is 25. The van der Waals surface area contributed by atoms with Crippen LogP contribution in [0.3, 0.4) is 0 Å². The molecule has 10 atom stereocenters. The summed E-state index contributed by atoms with van der Waals surface area (Å²) < 4.78 is 76.1. The highest BCUT2D eigenvalue weighted by atomic mass is 16.7. The predicted molar refractivity (Wildman–Crippen MR) is 198 cm³/mol. The third kappa shape index (κ3) is 13.8. The molecular formula is C39H58N2O15. The fourth-order valence-electron chi connectivity index (χ4n) is 6.69. The Morgan fingerprint density at radius 1 is 0.554 bits per heavy atom. The van der Waals surface area contributed by atoms with Crippen LogP contribution in [0.2, 0.25) is 0 Å². The fourth-order valence-corrected chi connectivity index (χ4v) is 6.69. The van der Waals surface area contributed by atoms with Crippen LogP contribution in [0.4, 0.5) is 0 Å². The molecule has 2 aromatic rings. The Bertz CT molecular complexity index is 1380. The highest BCUT2D eigenvalue weighted by molar-refractivity contribution is 5.76. The summed E-state index contributed by atoms with van der Waals surface area (Å²) in [5.74, 6) is -0.919. The van der Waals surface area contributed by atoms with Gasteiger partial charge in [-0.3, -0.25) is 9.59 Å². The summed E-state index contributed by atoms with van der Waals surface area (Å²) in [6.07, 6.45) is -8.14. The number of carbonyl (C=O) groups is 2. The first kappa shape index (κ1) is 45.6. The highest BCUT2D eigenvalue weighted by Gasteiger charge is 2.50. The fraction of sp³-hybridized carbons (Fsp3) is 0.641. The maximum atomic E-state index is 13.9. The van der Waals surface area contributed by atoms with Crippen molar-refractivity contribution in [3.63, 3.8) is 0 Å². The molecule has 0 unspecified atom stereocenters. The number of nitrogens with two attached hydrogens (primary N) is 1. The number of methoxy groups -OCH3 is 5. The molecule has 17 heteroatoms. The second-order valence-corrected chi connectivity index (χ2v) is 13.1. The molecule has 2 aliphatic rings. The summed E-state index contributed by atoms with van der Waals surface area (Å²) in [5.41, 5.74) is 8.02. The minimum atomic E-state index is -0.854. The van der Waals surface area contributed by atoms with Crippen LogP contribution in [-0.4, -0.2) is 149 Å². The Kier molecular flexibility index (Phi) is 20.6. The molecule has 0 bridgehead atoms. The highest BCUT2D eigenvalue weighted by Crippen LogP contribution is 2.32. The van der Waals surface area contributed by atoms with Gasteiger partial charge >= 0.3 is 5.97 Å². The van der Waals surface area contributed by atoms with Crippen LogP contribution in [-0.2, 0) is 84.4 Å². The van der Waals surface area contributed by atoms with E-state index < -0.39 is 72.9 Å². The van der Waals surface area contributed by atoms with Crippen LogP contribution in [0.1, 0.15) is 24.0 Å². The van der Waals surface area contributed by atoms with E-state index >= 15 is 0 Å². The van der Waals surface area contributed by atoms with Crippen molar-refractivity contribution in [2.24, 2.45) is 5.73 Å². The SMILES string of the molecule is COCO[C@@H]1[C@@H](OCc2ccccc2)[C@H](OCOC)[C@@H](CN)O[C@@H]1CC(=O)NC[C@H]1O[C@H](CC(=O)OC)[C@H](OCOC)[C@@H](OCc2ccccc2)[C@@H]1OCOC. The predicted octanol–water partition coefficient (Wildman–Crippen LogP) is 1.68. The smallest absolute Gasteiger partial charge is 0.308 e. The molecule has 3 N–H and O–H groups in total. The van der Waals surface area contributed by atoms with Gasteiger partial charge in [-0.1, -0.05) is 60.7 Å². The number of hydrogen-bond donors (Lipinski definition) is 2. The molecule has 314 valence electrons. The molecule has 2 aromatic carbocycles. The van der Waals surface area contributed by atoms with Gasteiger partial charge in [0.1, 0.15) is 69.9 Å². The second-order valence-electron chi connectivity index (χ2n) is 13.1. The van der Waals surface area contributed by atoms with Crippen molar-refractivity contribution in [3.8, 4) is 0 Å². The normalized spacial score (nSPS) is 27.8. The lowest BCUT2D eigenvalue weighted by Gasteiger charge is -2.46. The summed E-state index contributed by atoms with van der Waals surface area (Å²) in [4.78, 5) is 26.5. The molecule has 0 radical (unpaired) electrons. The zero-order chi connectivity index (χ0) is 40.1. The van der Waals surface area contributed by atoms with Crippen molar-refractivity contribution < 1.29 is 71.2 Å². The van der Waals surface area contributed by atoms with Crippen molar-refractivity contribution in [1.29, 1.82) is 0 Å². The quantitative estimate of drug-likeness (QED) is 0.109. The summed E-state index contributed by atoms with van der Waals surface area (Å²) in [6, 6.07) is 19.2. The number of amides is 1. The largest absolute Gasteiger partial charge is 0.469 e. The maximum Gasteiger partial charge on any atom is 0.308 e. The van der Waals surface area contributed by atoms with E-state index in [2.05, 4.69) is 5.32 Å². The Balaban J connectivity index is 1.56. The van der Waals surface area contributed by atoms with E-state index in [0.717, 1.165) is 11.1 Å². The first-order chi connectivity index (χ1) is 27.4. The van der Waals surface area contributed by atoms with Crippen LogP contribution in [0.25, 0.3) is 0 Å². The molecule has 2 fully saturated rings. The van der Waals surface area contributed by atoms with Crippen LogP contribution in [0, 0.1) is 0 Å². The molecular weight excluding hydrogens is 736 g/mol. The number of ether oxygens (including phenoxy) is 13. The third-order valence-electron chi connectivity index (χ3n) is 9.26. The average Bonchev–Trinajstić information content (AvgIpc) is 3.22. The van der Waals surface area contributed by atoms with Crippen LogP contribution in [0.5, 0.6) is 0 Å². The van der Waals surface area contributed by atoms with Gasteiger partial charge in [0.15, 0.2) is 0 Å². The van der Waals surface area contributed by atoms with Crippen LogP contribution in [0.15, 0.2) is 60.7 Å². The lowest BCUT2D eigenvalue weighted by atomic mass is 9.91. The van der Waals surface area contributed by atoms with Gasteiger partial charge < -0.3 is 72.6 Å². The maximum absolute atomic E-state index is 13.9. The molecule has 4 rings (SSSR count). The molecule has 17 nitrogen and oxygen atoms in total. The zero-order valence-corrected chi connectivity index (χ0v) is 32.8. The Morgan fingerprint density at radius 2 is 0.964 bits per heavy atom. The average molecular weight is 795 g/mol. The first-order valence-electron chi connectivity index (χ1n) is 18.4. The molecule has 2 heterocycles. The Hall–Kier alpha value is -3.14. The van der Waals surface area contributed by atoms with Crippen molar-refractivity contribution >= 4 is 11.9 Å². The van der Waals surface area contributed by atoms with Gasteiger partial charge in [0.25, 0.3) is 0 Å². The molecule has 1 amide bonds. The van der Waals surface area contributed by atoms with Crippen molar-refractivity contribution in [2.45, 2.75) is 87.1 Å². The Labute approximate surface area is 328 Å². The van der Waals surface area contributed by atoms with Crippen molar-refractivity contribution in [3.05, 3.63) is 71.8 Å². The van der Waals surface area contributed by atoms with Gasteiger partial charge in [0, 0.05) is 41.5 Å². The molecule has 0 aliphatic carbocycles. The summed E-state index contributed by atoms with van der Waals surface area (Å²) in [5, 5.41) is 2.96. The topological polar surface area (TPSA) is 192 Å². The molecule has 0 aromatic heterocycles. The molecule has 56 heavy (non-hydrogen) atoms. The third-order valence-corrected chi connectivity index (χ3v) is 9.26. The van der Waals surface area contributed by atoms with Gasteiger partial charge in [-0.15, -0.1) is 0 Å². The van der Waals surface area contributed by atoms with Crippen LogP contribution >= 0.6 is 0 Å². The van der Waals surface area contributed by atoms with Gasteiger partial charge in [-0.25, -0.2) is 0 Å². The van der Waals surface area contributed by atoms with E-state index in [1.165, 1.54) is 35.5 Å². The second kappa shape index (κ2) is 25.3.